The molecule has 2 rings (SSSR count). The number of aliphatic hydroxyl groups is 1. The molecule has 0 amide bonds. The van der Waals surface area contributed by atoms with Gasteiger partial charge in [-0.25, -0.2) is 0 Å². The van der Waals surface area contributed by atoms with Crippen molar-refractivity contribution in [2.24, 2.45) is 0 Å². The molecule has 0 bridgehead atoms. The van der Waals surface area contributed by atoms with Crippen molar-refractivity contribution in [3.63, 3.8) is 0 Å². The van der Waals surface area contributed by atoms with Crippen LogP contribution in [0.3, 0.4) is 0 Å². The van der Waals surface area contributed by atoms with Gasteiger partial charge in [-0.1, -0.05) is 18.5 Å². The van der Waals surface area contributed by atoms with Crippen LogP contribution in [0.25, 0.3) is 0 Å². The molecular weight excluding hydrogens is 328 g/mol. The van der Waals surface area contributed by atoms with E-state index in [4.69, 9.17) is 26.5 Å². The van der Waals surface area contributed by atoms with Crippen LogP contribution in [-0.4, -0.2) is 32.0 Å². The number of hydrogen-bond donors (Lipinski definition) is 1. The molecule has 1 unspecified atom stereocenters. The van der Waals surface area contributed by atoms with Gasteiger partial charge in [0, 0.05) is 2.74 Å². The first kappa shape index (κ1) is 10.8. The Bertz CT molecular complexity index is 1070. The van der Waals surface area contributed by atoms with Crippen LogP contribution < -0.4 is 14.2 Å². The molecule has 26 heavy (non-hydrogen) atoms. The summed E-state index contributed by atoms with van der Waals surface area (Å²) in [5, 5.41) is 10.4. The summed E-state index contributed by atoms with van der Waals surface area (Å²) in [6.45, 7) is 2.58. The Morgan fingerprint density at radius 1 is 1.08 bits per heavy atom. The molecule has 142 valence electrons. The highest BCUT2D eigenvalue weighted by molar-refractivity contribution is 5.42. The number of hydrogen-bond acceptors (Lipinski definition) is 4. The molecule has 0 aliphatic rings. The van der Waals surface area contributed by atoms with Crippen LogP contribution in [0.15, 0.2) is 36.3 Å². The fourth-order valence-electron chi connectivity index (χ4n) is 2.08. The zero-order chi connectivity index (χ0) is 26.9. The summed E-state index contributed by atoms with van der Waals surface area (Å²) in [5.74, 6) is -0.392. The maximum Gasteiger partial charge on any atom is 0.160 e. The molecule has 0 aromatic heterocycles. The molecule has 0 aliphatic heterocycles. The Kier molecular flexibility index (Phi) is 4.20. The Balaban J connectivity index is 2.17. The van der Waals surface area contributed by atoms with Crippen LogP contribution in [0.5, 0.6) is 17.2 Å². The molecule has 0 saturated carbocycles. The van der Waals surface area contributed by atoms with Crippen molar-refractivity contribution in [2.75, 3.05) is 20.8 Å². The van der Waals surface area contributed by atoms with Gasteiger partial charge in [-0.2, -0.15) is 0 Å². The zero-order valence-electron chi connectivity index (χ0n) is 24.5. The van der Waals surface area contributed by atoms with E-state index < -0.39 is 25.5 Å². The fraction of sp³-hybridized carbons (Fsp3) is 0.455. The second kappa shape index (κ2) is 10.1. The minimum absolute atomic E-state index is 0.0572. The lowest BCUT2D eigenvalue weighted by molar-refractivity contribution is 0.0976. The van der Waals surface area contributed by atoms with Crippen LogP contribution in [0.2, 0.25) is 0 Å². The van der Waals surface area contributed by atoms with E-state index in [1.54, 1.807) is 13.8 Å². The van der Waals surface area contributed by atoms with Gasteiger partial charge in [0.2, 0.25) is 0 Å². The molecule has 1 atom stereocenters. The second-order valence-corrected chi connectivity index (χ2v) is 5.66. The summed E-state index contributed by atoms with van der Waals surface area (Å²) >= 11 is 0. The standard InChI is InChI=1S/C22H30O4/c1-16-9-11-20(13-17(16)2)26-15-19(23)8-6-5-7-18-10-12-21(24-3)22(14-18)25-4/h9-14,19,23H,5-8,15H2,1-4H3/i5D2,9D,10D,11D,12D,13D,14D,19D. The lowest BCUT2D eigenvalue weighted by Crippen LogP contribution is -2.17. The van der Waals surface area contributed by atoms with E-state index in [1.807, 2.05) is 0 Å². The van der Waals surface area contributed by atoms with E-state index in [1.165, 1.54) is 14.2 Å². The third kappa shape index (κ3) is 5.95. The van der Waals surface area contributed by atoms with E-state index in [2.05, 4.69) is 0 Å². The topological polar surface area (TPSA) is 47.9 Å². The molecule has 0 heterocycles. The van der Waals surface area contributed by atoms with Crippen molar-refractivity contribution >= 4 is 0 Å². The summed E-state index contributed by atoms with van der Waals surface area (Å²) in [7, 11) is 2.56. The van der Waals surface area contributed by atoms with Gasteiger partial charge < -0.3 is 19.3 Å². The lowest BCUT2D eigenvalue weighted by Gasteiger charge is -2.13. The first-order valence-electron chi connectivity index (χ1n) is 12.7. The predicted molar refractivity (Wildman–Crippen MR) is 105 cm³/mol. The van der Waals surface area contributed by atoms with Crippen molar-refractivity contribution in [1.29, 1.82) is 0 Å². The molecular formula is C22H30O4. The van der Waals surface area contributed by atoms with E-state index in [9.17, 15) is 5.11 Å². The van der Waals surface area contributed by atoms with Crippen LogP contribution in [0, 0.1) is 13.8 Å². The maximum atomic E-state index is 10.4. The number of rotatable bonds is 10. The number of ether oxygens (including phenoxy) is 3. The first-order valence-corrected chi connectivity index (χ1v) is 8.21. The quantitative estimate of drug-likeness (QED) is 0.673. The third-order valence-electron chi connectivity index (χ3n) is 3.71. The van der Waals surface area contributed by atoms with Gasteiger partial charge in [-0.3, -0.25) is 0 Å². The van der Waals surface area contributed by atoms with Crippen LogP contribution in [-0.2, 0) is 6.42 Å². The molecule has 1 N–H and O–H groups in total. The highest BCUT2D eigenvalue weighted by Gasteiger charge is 2.07. The van der Waals surface area contributed by atoms with Gasteiger partial charge in [0.1, 0.15) is 12.4 Å². The Morgan fingerprint density at radius 3 is 2.58 bits per heavy atom. The highest BCUT2D eigenvalue weighted by Crippen LogP contribution is 2.28. The van der Waals surface area contributed by atoms with E-state index in [0.29, 0.717) is 11.1 Å². The second-order valence-electron chi connectivity index (χ2n) is 5.66. The van der Waals surface area contributed by atoms with Gasteiger partial charge in [-0.15, -0.1) is 0 Å². The molecule has 4 heteroatoms. The minimum Gasteiger partial charge on any atom is -0.493 e. The normalized spacial score (nSPS) is 18.6. The maximum absolute atomic E-state index is 10.4. The van der Waals surface area contributed by atoms with Crippen molar-refractivity contribution in [1.82, 2.24) is 0 Å². The summed E-state index contributed by atoms with van der Waals surface area (Å²) < 4.78 is 88.9. The highest BCUT2D eigenvalue weighted by atomic mass is 16.5. The van der Waals surface area contributed by atoms with Gasteiger partial charge in [0.25, 0.3) is 0 Å². The van der Waals surface area contributed by atoms with Crippen molar-refractivity contribution in [3.05, 3.63) is 52.9 Å². The van der Waals surface area contributed by atoms with Gasteiger partial charge in [0.05, 0.1) is 29.9 Å². The van der Waals surface area contributed by atoms with Gasteiger partial charge in [0.15, 0.2) is 11.5 Å². The lowest BCUT2D eigenvalue weighted by atomic mass is 10.0. The molecule has 0 aliphatic carbocycles. The third-order valence-corrected chi connectivity index (χ3v) is 3.71. The minimum atomic E-state index is -2.26. The molecule has 0 fully saturated rings. The van der Waals surface area contributed by atoms with Crippen molar-refractivity contribution in [3.8, 4) is 17.2 Å². The Hall–Kier alpha value is -2.20. The first-order chi connectivity index (χ1) is 16.1. The Labute approximate surface area is 169 Å². The van der Waals surface area contributed by atoms with Crippen LogP contribution in [0.1, 0.15) is 48.2 Å². The summed E-state index contributed by atoms with van der Waals surface area (Å²) in [6, 6.07) is -1.52. The van der Waals surface area contributed by atoms with E-state index >= 15 is 0 Å². The zero-order valence-corrected chi connectivity index (χ0v) is 15.5. The molecule has 2 aromatic rings. The molecule has 4 nitrogen and oxygen atoms in total. The number of benzene rings is 2. The van der Waals surface area contributed by atoms with Gasteiger partial charge in [-0.05, 0) is 73.9 Å². The summed E-state index contributed by atoms with van der Waals surface area (Å²) in [5.41, 5.74) is 0.861. The van der Waals surface area contributed by atoms with Crippen LogP contribution >= 0.6 is 0 Å². The fourth-order valence-corrected chi connectivity index (χ4v) is 2.08. The summed E-state index contributed by atoms with van der Waals surface area (Å²) in [6.07, 6.45) is -5.47. The summed E-state index contributed by atoms with van der Waals surface area (Å²) in [4.78, 5) is 0. The average Bonchev–Trinajstić information content (AvgIpc) is 2.80. The van der Waals surface area contributed by atoms with Crippen molar-refractivity contribution in [2.45, 2.75) is 45.6 Å². The van der Waals surface area contributed by atoms with Crippen molar-refractivity contribution < 1.29 is 31.7 Å². The number of methoxy groups -OCH3 is 2. The average molecular weight is 368 g/mol. The molecule has 2 aromatic carbocycles. The Morgan fingerprint density at radius 2 is 1.85 bits per heavy atom. The SMILES string of the molecule is [2H]c1c([2H])c(OCC([2H])(O)CCC([2H])([2H])Cc2c([2H])c([2H])c(OC)c(OC)c2[2H])c([2H])c(C)c1C. The molecule has 0 spiro atoms. The van der Waals surface area contributed by atoms with Gasteiger partial charge >= 0.3 is 0 Å². The van der Waals surface area contributed by atoms with E-state index in [-0.39, 0.29) is 71.9 Å². The molecule has 0 saturated heterocycles. The monoisotopic (exact) mass is 367 g/mol. The smallest absolute Gasteiger partial charge is 0.160 e. The van der Waals surface area contributed by atoms with Crippen LogP contribution in [0.4, 0.5) is 0 Å². The predicted octanol–water partition coefficient (Wildman–Crippen LogP) is 4.47. The van der Waals surface area contributed by atoms with E-state index in [0.717, 1.165) is 0 Å². The largest absolute Gasteiger partial charge is 0.493 e. The molecule has 0 radical (unpaired) electrons.